The van der Waals surface area contributed by atoms with Gasteiger partial charge < -0.3 is 10.6 Å². The van der Waals surface area contributed by atoms with Crippen LogP contribution in [0.15, 0.2) is 0 Å². The van der Waals surface area contributed by atoms with Gasteiger partial charge in [0.05, 0.1) is 0 Å². The number of hydrogen-bond donors (Lipinski definition) is 2. The van der Waals surface area contributed by atoms with Crippen molar-refractivity contribution in [3.63, 3.8) is 0 Å². The first-order chi connectivity index (χ1) is 7.33. The highest BCUT2D eigenvalue weighted by Gasteiger charge is 2.13. The number of carbonyl (C=O) groups excluding carboxylic acids is 1. The third-order valence-corrected chi connectivity index (χ3v) is 3.01. The van der Waals surface area contributed by atoms with Crippen LogP contribution in [0.25, 0.3) is 0 Å². The maximum atomic E-state index is 11.2. The number of carbonyl (C=O) groups is 1. The third-order valence-electron chi connectivity index (χ3n) is 3.01. The van der Waals surface area contributed by atoms with Crippen LogP contribution in [-0.2, 0) is 4.79 Å². The number of amides is 1. The molecule has 0 heterocycles. The smallest absolute Gasteiger partial charge is 0.221 e. The van der Waals surface area contributed by atoms with Gasteiger partial charge in [-0.05, 0) is 31.7 Å². The SMILES string of the molecule is CCCNC(=O)CCNCC1CCCC1. The fourth-order valence-corrected chi connectivity index (χ4v) is 2.08. The molecule has 0 unspecified atom stereocenters. The molecule has 1 aliphatic rings. The highest BCUT2D eigenvalue weighted by Crippen LogP contribution is 2.23. The van der Waals surface area contributed by atoms with Gasteiger partial charge in [0, 0.05) is 19.5 Å². The summed E-state index contributed by atoms with van der Waals surface area (Å²) < 4.78 is 0. The molecule has 0 aromatic heterocycles. The second-order valence-corrected chi connectivity index (χ2v) is 4.45. The lowest BCUT2D eigenvalue weighted by atomic mass is 10.1. The first-order valence-corrected chi connectivity index (χ1v) is 6.30. The Morgan fingerprint density at radius 3 is 2.67 bits per heavy atom. The molecule has 0 saturated heterocycles. The minimum Gasteiger partial charge on any atom is -0.356 e. The van der Waals surface area contributed by atoms with Crippen molar-refractivity contribution in [2.24, 2.45) is 5.92 Å². The van der Waals surface area contributed by atoms with Crippen LogP contribution in [0.3, 0.4) is 0 Å². The second kappa shape index (κ2) is 7.69. The lowest BCUT2D eigenvalue weighted by molar-refractivity contribution is -0.120. The fourth-order valence-electron chi connectivity index (χ4n) is 2.08. The van der Waals surface area contributed by atoms with Gasteiger partial charge >= 0.3 is 0 Å². The summed E-state index contributed by atoms with van der Waals surface area (Å²) in [7, 11) is 0. The standard InChI is InChI=1S/C12H24N2O/c1-2-8-14-12(15)7-9-13-10-11-5-3-4-6-11/h11,13H,2-10H2,1H3,(H,14,15). The predicted octanol–water partition coefficient (Wildman–Crippen LogP) is 1.68. The van der Waals surface area contributed by atoms with Crippen LogP contribution in [0, 0.1) is 5.92 Å². The first-order valence-electron chi connectivity index (χ1n) is 6.30. The van der Waals surface area contributed by atoms with Gasteiger partial charge in [-0.25, -0.2) is 0 Å². The van der Waals surface area contributed by atoms with Crippen LogP contribution in [-0.4, -0.2) is 25.5 Å². The largest absolute Gasteiger partial charge is 0.356 e. The van der Waals surface area contributed by atoms with Gasteiger partial charge in [-0.1, -0.05) is 19.8 Å². The molecule has 0 aromatic rings. The number of rotatable bonds is 7. The molecule has 88 valence electrons. The van der Waals surface area contributed by atoms with Crippen LogP contribution in [0.1, 0.15) is 45.4 Å². The van der Waals surface area contributed by atoms with Crippen molar-refractivity contribution >= 4 is 5.91 Å². The van der Waals surface area contributed by atoms with E-state index in [9.17, 15) is 4.79 Å². The average Bonchev–Trinajstić information content (AvgIpc) is 2.74. The lowest BCUT2D eigenvalue weighted by Crippen LogP contribution is -2.29. The van der Waals surface area contributed by atoms with E-state index in [-0.39, 0.29) is 5.91 Å². The Morgan fingerprint density at radius 1 is 1.27 bits per heavy atom. The molecule has 1 aliphatic carbocycles. The molecular weight excluding hydrogens is 188 g/mol. The molecule has 0 bridgehead atoms. The normalized spacial score (nSPS) is 16.9. The van der Waals surface area contributed by atoms with Crippen molar-refractivity contribution in [2.75, 3.05) is 19.6 Å². The zero-order chi connectivity index (χ0) is 10.9. The molecule has 3 heteroatoms. The quantitative estimate of drug-likeness (QED) is 0.630. The average molecular weight is 212 g/mol. The predicted molar refractivity (Wildman–Crippen MR) is 62.7 cm³/mol. The maximum absolute atomic E-state index is 11.2. The van der Waals surface area contributed by atoms with Crippen molar-refractivity contribution < 1.29 is 4.79 Å². The minimum absolute atomic E-state index is 0.177. The van der Waals surface area contributed by atoms with Gasteiger partial charge in [0.1, 0.15) is 0 Å². The molecule has 0 atom stereocenters. The summed E-state index contributed by atoms with van der Waals surface area (Å²) in [6, 6.07) is 0. The number of nitrogens with one attached hydrogen (secondary N) is 2. The molecule has 1 saturated carbocycles. The molecule has 0 spiro atoms. The van der Waals surface area contributed by atoms with Gasteiger partial charge in [-0.3, -0.25) is 4.79 Å². The molecule has 1 amide bonds. The van der Waals surface area contributed by atoms with Crippen LogP contribution in [0.5, 0.6) is 0 Å². The van der Waals surface area contributed by atoms with Crippen molar-refractivity contribution in [2.45, 2.75) is 45.4 Å². The summed E-state index contributed by atoms with van der Waals surface area (Å²) in [5.74, 6) is 1.04. The minimum atomic E-state index is 0.177. The zero-order valence-electron chi connectivity index (χ0n) is 9.85. The van der Waals surface area contributed by atoms with Gasteiger partial charge in [0.2, 0.25) is 5.91 Å². The molecule has 0 aliphatic heterocycles. The van der Waals surface area contributed by atoms with Crippen molar-refractivity contribution in [1.82, 2.24) is 10.6 Å². The summed E-state index contributed by atoms with van der Waals surface area (Å²) in [4.78, 5) is 11.2. The van der Waals surface area contributed by atoms with Crippen LogP contribution in [0.4, 0.5) is 0 Å². The summed E-state index contributed by atoms with van der Waals surface area (Å²) in [6.45, 7) is 4.80. The van der Waals surface area contributed by atoms with Crippen molar-refractivity contribution in [3.8, 4) is 0 Å². The van der Waals surface area contributed by atoms with E-state index in [1.807, 2.05) is 0 Å². The molecule has 0 aromatic carbocycles. The Kier molecular flexibility index (Phi) is 6.41. The second-order valence-electron chi connectivity index (χ2n) is 4.45. The molecule has 0 radical (unpaired) electrons. The van der Waals surface area contributed by atoms with Gasteiger partial charge in [0.25, 0.3) is 0 Å². The van der Waals surface area contributed by atoms with Gasteiger partial charge in [-0.15, -0.1) is 0 Å². The Bertz CT molecular complexity index is 176. The van der Waals surface area contributed by atoms with E-state index < -0.39 is 0 Å². The zero-order valence-corrected chi connectivity index (χ0v) is 9.85. The van der Waals surface area contributed by atoms with E-state index in [0.717, 1.165) is 32.0 Å². The molecule has 1 fully saturated rings. The van der Waals surface area contributed by atoms with Crippen LogP contribution < -0.4 is 10.6 Å². The van der Waals surface area contributed by atoms with E-state index >= 15 is 0 Å². The topological polar surface area (TPSA) is 41.1 Å². The summed E-state index contributed by atoms with van der Waals surface area (Å²) in [6.07, 6.45) is 7.16. The van der Waals surface area contributed by atoms with E-state index in [2.05, 4.69) is 17.6 Å². The Hall–Kier alpha value is -0.570. The lowest BCUT2D eigenvalue weighted by Gasteiger charge is -2.10. The molecule has 3 nitrogen and oxygen atoms in total. The maximum Gasteiger partial charge on any atom is 0.221 e. The first kappa shape index (κ1) is 12.5. The van der Waals surface area contributed by atoms with Crippen LogP contribution in [0.2, 0.25) is 0 Å². The Labute approximate surface area is 93.0 Å². The summed E-state index contributed by atoms with van der Waals surface area (Å²) >= 11 is 0. The molecular formula is C12H24N2O. The van der Waals surface area contributed by atoms with Crippen molar-refractivity contribution in [3.05, 3.63) is 0 Å². The summed E-state index contributed by atoms with van der Waals surface area (Å²) in [5.41, 5.74) is 0. The van der Waals surface area contributed by atoms with Crippen molar-refractivity contribution in [1.29, 1.82) is 0 Å². The molecule has 15 heavy (non-hydrogen) atoms. The van der Waals surface area contributed by atoms with Gasteiger partial charge in [0.15, 0.2) is 0 Å². The van der Waals surface area contributed by atoms with E-state index in [1.165, 1.54) is 25.7 Å². The number of hydrogen-bond acceptors (Lipinski definition) is 2. The molecule has 2 N–H and O–H groups in total. The van der Waals surface area contributed by atoms with E-state index in [1.54, 1.807) is 0 Å². The summed E-state index contributed by atoms with van der Waals surface area (Å²) in [5, 5.41) is 6.26. The monoisotopic (exact) mass is 212 g/mol. The van der Waals surface area contributed by atoms with Crippen LogP contribution >= 0.6 is 0 Å². The van der Waals surface area contributed by atoms with E-state index in [0.29, 0.717) is 6.42 Å². The Balaban J connectivity index is 1.89. The Morgan fingerprint density at radius 2 is 2.00 bits per heavy atom. The third kappa shape index (κ3) is 5.78. The fraction of sp³-hybridized carbons (Fsp3) is 0.917. The molecule has 1 rings (SSSR count). The van der Waals surface area contributed by atoms with E-state index in [4.69, 9.17) is 0 Å². The van der Waals surface area contributed by atoms with Gasteiger partial charge in [-0.2, -0.15) is 0 Å². The highest BCUT2D eigenvalue weighted by molar-refractivity contribution is 5.75. The highest BCUT2D eigenvalue weighted by atomic mass is 16.1.